The van der Waals surface area contributed by atoms with Crippen LogP contribution >= 0.6 is 0 Å². The van der Waals surface area contributed by atoms with Gasteiger partial charge in [0.15, 0.2) is 0 Å². The van der Waals surface area contributed by atoms with Crippen molar-refractivity contribution in [2.24, 2.45) is 0 Å². The van der Waals surface area contributed by atoms with Gasteiger partial charge in [-0.2, -0.15) is 0 Å². The molecule has 0 spiro atoms. The van der Waals surface area contributed by atoms with Gasteiger partial charge in [0, 0.05) is 0 Å². The Morgan fingerprint density at radius 3 is 1.79 bits per heavy atom. The SMILES string of the molecule is C#C.c1cc2c3c(cccc3c1)CC2. The molecule has 0 bridgehead atoms. The topological polar surface area (TPSA) is 0 Å². The molecule has 0 fully saturated rings. The highest BCUT2D eigenvalue weighted by Gasteiger charge is 2.11. The van der Waals surface area contributed by atoms with Gasteiger partial charge >= 0.3 is 0 Å². The third-order valence-electron chi connectivity index (χ3n) is 2.74. The molecule has 2 aromatic rings. The second kappa shape index (κ2) is 3.55. The van der Waals surface area contributed by atoms with Crippen molar-refractivity contribution in [2.75, 3.05) is 0 Å². The number of terminal acetylenes is 1. The maximum Gasteiger partial charge on any atom is -0.0120 e. The van der Waals surface area contributed by atoms with Crippen molar-refractivity contribution in [3.63, 3.8) is 0 Å². The zero-order valence-electron chi connectivity index (χ0n) is 8.03. The third-order valence-corrected chi connectivity index (χ3v) is 2.74. The summed E-state index contributed by atoms with van der Waals surface area (Å²) < 4.78 is 0. The van der Waals surface area contributed by atoms with E-state index in [1.165, 1.54) is 34.7 Å². The van der Waals surface area contributed by atoms with Crippen molar-refractivity contribution >= 4 is 10.8 Å². The van der Waals surface area contributed by atoms with Crippen LogP contribution in [0.25, 0.3) is 10.8 Å². The quantitative estimate of drug-likeness (QED) is 0.546. The molecule has 0 radical (unpaired) electrons. The average molecular weight is 180 g/mol. The first kappa shape index (κ1) is 8.84. The Morgan fingerprint density at radius 1 is 0.786 bits per heavy atom. The van der Waals surface area contributed by atoms with E-state index in [-0.39, 0.29) is 0 Å². The summed E-state index contributed by atoms with van der Waals surface area (Å²) in [6.07, 6.45) is 10.5. The second-order valence-corrected chi connectivity index (χ2v) is 3.43. The summed E-state index contributed by atoms with van der Waals surface area (Å²) in [6, 6.07) is 13.2. The van der Waals surface area contributed by atoms with E-state index in [2.05, 4.69) is 49.2 Å². The lowest BCUT2D eigenvalue weighted by molar-refractivity contribution is 1.02. The van der Waals surface area contributed by atoms with E-state index in [0.29, 0.717) is 0 Å². The zero-order chi connectivity index (χ0) is 9.97. The van der Waals surface area contributed by atoms with Crippen LogP contribution in [0.4, 0.5) is 0 Å². The molecular weight excluding hydrogens is 168 g/mol. The maximum absolute atomic E-state index is 4.00. The lowest BCUT2D eigenvalue weighted by Gasteiger charge is -1.99. The Hall–Kier alpha value is -1.74. The Balaban J connectivity index is 0.000000354. The lowest BCUT2D eigenvalue weighted by atomic mass is 10.1. The summed E-state index contributed by atoms with van der Waals surface area (Å²) in [4.78, 5) is 0. The van der Waals surface area contributed by atoms with Crippen molar-refractivity contribution in [1.82, 2.24) is 0 Å². The van der Waals surface area contributed by atoms with E-state index in [4.69, 9.17) is 0 Å². The van der Waals surface area contributed by atoms with Crippen LogP contribution in [0.2, 0.25) is 0 Å². The molecule has 0 saturated carbocycles. The van der Waals surface area contributed by atoms with E-state index in [1.807, 2.05) is 0 Å². The fourth-order valence-corrected chi connectivity index (χ4v) is 2.19. The van der Waals surface area contributed by atoms with Crippen LogP contribution in [0.15, 0.2) is 36.4 Å². The molecule has 0 amide bonds. The number of benzene rings is 2. The Morgan fingerprint density at radius 2 is 1.29 bits per heavy atom. The molecule has 3 rings (SSSR count). The number of hydrogen-bond donors (Lipinski definition) is 0. The summed E-state index contributed by atoms with van der Waals surface area (Å²) in [7, 11) is 0. The highest BCUT2D eigenvalue weighted by atomic mass is 14.2. The molecular formula is C14H12. The molecule has 1 aliphatic rings. The summed E-state index contributed by atoms with van der Waals surface area (Å²) in [5, 5.41) is 2.92. The molecule has 68 valence electrons. The first-order chi connectivity index (χ1) is 6.95. The molecule has 1 aliphatic carbocycles. The molecule has 0 N–H and O–H groups in total. The summed E-state index contributed by atoms with van der Waals surface area (Å²) in [5.74, 6) is 0. The lowest BCUT2D eigenvalue weighted by Crippen LogP contribution is -1.76. The first-order valence-electron chi connectivity index (χ1n) is 4.78. The van der Waals surface area contributed by atoms with Gasteiger partial charge in [0.1, 0.15) is 0 Å². The van der Waals surface area contributed by atoms with Gasteiger partial charge in [-0.15, -0.1) is 12.8 Å². The van der Waals surface area contributed by atoms with Gasteiger partial charge in [0.25, 0.3) is 0 Å². The predicted molar refractivity (Wildman–Crippen MR) is 61.2 cm³/mol. The van der Waals surface area contributed by atoms with Gasteiger partial charge in [0.05, 0.1) is 0 Å². The van der Waals surface area contributed by atoms with Crippen LogP contribution < -0.4 is 0 Å². The Labute approximate surface area is 84.6 Å². The van der Waals surface area contributed by atoms with E-state index in [0.717, 1.165) is 0 Å². The molecule has 0 saturated heterocycles. The number of rotatable bonds is 0. The van der Waals surface area contributed by atoms with E-state index < -0.39 is 0 Å². The van der Waals surface area contributed by atoms with Gasteiger partial charge in [-0.1, -0.05) is 36.4 Å². The molecule has 0 nitrogen and oxygen atoms in total. The monoisotopic (exact) mass is 180 g/mol. The van der Waals surface area contributed by atoms with E-state index >= 15 is 0 Å². The van der Waals surface area contributed by atoms with Crippen LogP contribution in [-0.2, 0) is 12.8 Å². The fourth-order valence-electron chi connectivity index (χ4n) is 2.19. The van der Waals surface area contributed by atoms with Crippen molar-refractivity contribution in [3.05, 3.63) is 47.5 Å². The van der Waals surface area contributed by atoms with Gasteiger partial charge in [0.2, 0.25) is 0 Å². The molecule has 0 atom stereocenters. The first-order valence-corrected chi connectivity index (χ1v) is 4.78. The fraction of sp³-hybridized carbons (Fsp3) is 0.143. The maximum atomic E-state index is 4.00. The van der Waals surface area contributed by atoms with E-state index in [1.54, 1.807) is 0 Å². The third kappa shape index (κ3) is 1.18. The van der Waals surface area contributed by atoms with Crippen LogP contribution in [0.1, 0.15) is 11.1 Å². The highest BCUT2D eigenvalue weighted by Crippen LogP contribution is 2.29. The van der Waals surface area contributed by atoms with Crippen molar-refractivity contribution in [1.29, 1.82) is 0 Å². The van der Waals surface area contributed by atoms with Crippen molar-refractivity contribution < 1.29 is 0 Å². The smallest absolute Gasteiger partial charge is 0.0120 e. The van der Waals surface area contributed by atoms with Crippen LogP contribution in [-0.4, -0.2) is 0 Å². The van der Waals surface area contributed by atoms with Gasteiger partial charge in [-0.05, 0) is 34.7 Å². The minimum atomic E-state index is 1.23. The summed E-state index contributed by atoms with van der Waals surface area (Å²) >= 11 is 0. The van der Waals surface area contributed by atoms with Crippen LogP contribution in [0.5, 0.6) is 0 Å². The molecule has 0 unspecified atom stereocenters. The molecule has 14 heavy (non-hydrogen) atoms. The predicted octanol–water partition coefficient (Wildman–Crippen LogP) is 3.19. The highest BCUT2D eigenvalue weighted by molar-refractivity contribution is 5.90. The molecule has 0 heteroatoms. The molecule has 2 aromatic carbocycles. The molecule has 0 aromatic heterocycles. The number of hydrogen-bond acceptors (Lipinski definition) is 0. The normalized spacial score (nSPS) is 12.1. The van der Waals surface area contributed by atoms with Crippen LogP contribution in [0.3, 0.4) is 0 Å². The largest absolute Gasteiger partial charge is 0.124 e. The second-order valence-electron chi connectivity index (χ2n) is 3.43. The molecule has 0 aliphatic heterocycles. The van der Waals surface area contributed by atoms with Crippen molar-refractivity contribution in [2.45, 2.75) is 12.8 Å². The minimum Gasteiger partial charge on any atom is -0.124 e. The average Bonchev–Trinajstić information content (AvgIpc) is 2.68. The molecule has 0 heterocycles. The number of aryl methyl sites for hydroxylation is 2. The summed E-state index contributed by atoms with van der Waals surface area (Å²) in [5.41, 5.74) is 3.06. The van der Waals surface area contributed by atoms with E-state index in [9.17, 15) is 0 Å². The minimum absolute atomic E-state index is 1.23. The van der Waals surface area contributed by atoms with Crippen LogP contribution in [0, 0.1) is 12.8 Å². The van der Waals surface area contributed by atoms with Gasteiger partial charge in [-0.25, -0.2) is 0 Å². The zero-order valence-corrected chi connectivity index (χ0v) is 8.03. The Bertz CT molecular complexity index is 439. The standard InChI is InChI=1S/C12H10.C2H2/c1-3-9-4-2-6-11-8-7-10(5-1)12(9)11;1-2/h1-6H,7-8H2;1-2H. The van der Waals surface area contributed by atoms with Crippen molar-refractivity contribution in [3.8, 4) is 12.8 Å². The van der Waals surface area contributed by atoms with Gasteiger partial charge in [-0.3, -0.25) is 0 Å². The Kier molecular flexibility index (Phi) is 2.24. The summed E-state index contributed by atoms with van der Waals surface area (Å²) in [6.45, 7) is 0. The van der Waals surface area contributed by atoms with Gasteiger partial charge < -0.3 is 0 Å².